The van der Waals surface area contributed by atoms with Crippen LogP contribution in [0.3, 0.4) is 0 Å². The van der Waals surface area contributed by atoms with Crippen molar-refractivity contribution in [1.82, 2.24) is 19.9 Å². The molecule has 1 saturated heterocycles. The Labute approximate surface area is 193 Å². The fourth-order valence-electron chi connectivity index (χ4n) is 3.68. The molecule has 33 heavy (non-hydrogen) atoms. The number of aromatic nitrogens is 2. The van der Waals surface area contributed by atoms with Crippen molar-refractivity contribution in [3.63, 3.8) is 0 Å². The van der Waals surface area contributed by atoms with E-state index in [0.717, 1.165) is 24.2 Å². The number of aryl methyl sites for hydroxylation is 1. The Kier molecular flexibility index (Phi) is 7.04. The number of hydrogen-bond acceptors (Lipinski definition) is 7. The minimum atomic E-state index is -0.0213. The van der Waals surface area contributed by atoms with Crippen LogP contribution in [-0.4, -0.2) is 66.2 Å². The molecule has 1 fully saturated rings. The van der Waals surface area contributed by atoms with Crippen molar-refractivity contribution < 1.29 is 18.8 Å². The van der Waals surface area contributed by atoms with E-state index in [2.05, 4.69) is 15.0 Å². The summed E-state index contributed by atoms with van der Waals surface area (Å²) in [5.74, 6) is 2.52. The number of hydrogen-bond donors (Lipinski definition) is 0. The molecule has 1 aromatic heterocycles. The molecule has 172 valence electrons. The topological polar surface area (TPSA) is 80.9 Å². The smallest absolute Gasteiger partial charge is 0.246 e. The Balaban J connectivity index is 1.30. The van der Waals surface area contributed by atoms with Gasteiger partial charge < -0.3 is 18.9 Å². The second-order valence-electron chi connectivity index (χ2n) is 7.92. The maximum atomic E-state index is 12.7. The van der Waals surface area contributed by atoms with E-state index < -0.39 is 0 Å². The van der Waals surface area contributed by atoms with Gasteiger partial charge in [-0.15, -0.1) is 0 Å². The zero-order valence-corrected chi connectivity index (χ0v) is 19.2. The first-order valence-electron chi connectivity index (χ1n) is 10.9. The van der Waals surface area contributed by atoms with Gasteiger partial charge in [-0.1, -0.05) is 35.0 Å². The van der Waals surface area contributed by atoms with Crippen LogP contribution in [0.1, 0.15) is 17.0 Å². The minimum absolute atomic E-state index is 0.0213. The molecule has 8 heteroatoms. The minimum Gasteiger partial charge on any atom is -0.497 e. The van der Waals surface area contributed by atoms with Gasteiger partial charge in [-0.3, -0.25) is 9.69 Å². The zero-order valence-electron chi connectivity index (χ0n) is 19.2. The van der Waals surface area contributed by atoms with E-state index in [4.69, 9.17) is 14.0 Å². The summed E-state index contributed by atoms with van der Waals surface area (Å²) in [5.41, 5.74) is 2.95. The van der Waals surface area contributed by atoms with Crippen LogP contribution in [-0.2, 0) is 11.3 Å². The first-order valence-corrected chi connectivity index (χ1v) is 10.9. The summed E-state index contributed by atoms with van der Waals surface area (Å²) in [6.45, 7) is 5.38. The molecule has 0 radical (unpaired) electrons. The lowest BCUT2D eigenvalue weighted by Crippen LogP contribution is -2.47. The van der Waals surface area contributed by atoms with E-state index >= 15 is 0 Å². The van der Waals surface area contributed by atoms with E-state index in [0.29, 0.717) is 42.8 Å². The molecule has 0 bridgehead atoms. The molecule has 0 saturated carbocycles. The van der Waals surface area contributed by atoms with Crippen molar-refractivity contribution in [2.24, 2.45) is 0 Å². The summed E-state index contributed by atoms with van der Waals surface area (Å²) in [7, 11) is 3.20. The lowest BCUT2D eigenvalue weighted by atomic mass is 10.1. The molecule has 0 N–H and O–H groups in total. The number of piperazine rings is 1. The molecule has 3 aromatic rings. The summed E-state index contributed by atoms with van der Waals surface area (Å²) in [6, 6.07) is 13.5. The van der Waals surface area contributed by atoms with Crippen molar-refractivity contribution in [3.8, 4) is 22.9 Å². The Hall–Kier alpha value is -3.65. The monoisotopic (exact) mass is 448 g/mol. The highest BCUT2D eigenvalue weighted by Gasteiger charge is 2.21. The van der Waals surface area contributed by atoms with Crippen molar-refractivity contribution in [2.45, 2.75) is 13.5 Å². The molecule has 0 aliphatic carbocycles. The Morgan fingerprint density at radius 2 is 1.82 bits per heavy atom. The first kappa shape index (κ1) is 22.5. The largest absolute Gasteiger partial charge is 0.497 e. The van der Waals surface area contributed by atoms with Gasteiger partial charge in [0.25, 0.3) is 0 Å². The number of nitrogens with zero attached hydrogens (tertiary/aromatic N) is 4. The number of rotatable bonds is 7. The molecule has 2 heterocycles. The quantitative estimate of drug-likeness (QED) is 0.512. The summed E-state index contributed by atoms with van der Waals surface area (Å²) in [6.07, 6.45) is 3.36. The SMILES string of the molecule is COc1ccc(/C=C/C(=O)N2CCN(Cc3nc(-c4ccc(C)cc4)no3)CC2)c(OC)c1. The Morgan fingerprint density at radius 1 is 1.06 bits per heavy atom. The fraction of sp³-hybridized carbons (Fsp3) is 0.320. The van der Waals surface area contributed by atoms with Crippen LogP contribution >= 0.6 is 0 Å². The third-order valence-electron chi connectivity index (χ3n) is 5.67. The molecule has 4 rings (SSSR count). The third-order valence-corrected chi connectivity index (χ3v) is 5.67. The van der Waals surface area contributed by atoms with Gasteiger partial charge in [0.2, 0.25) is 17.6 Å². The van der Waals surface area contributed by atoms with E-state index in [1.54, 1.807) is 32.4 Å². The predicted octanol–water partition coefficient (Wildman–Crippen LogP) is 3.42. The number of amides is 1. The molecule has 0 unspecified atom stereocenters. The van der Waals surface area contributed by atoms with E-state index in [1.807, 2.05) is 48.2 Å². The Bertz CT molecular complexity index is 1120. The van der Waals surface area contributed by atoms with Crippen LogP contribution in [0, 0.1) is 6.92 Å². The van der Waals surface area contributed by atoms with Crippen LogP contribution in [0.15, 0.2) is 53.1 Å². The summed E-state index contributed by atoms with van der Waals surface area (Å²) >= 11 is 0. The molecular weight excluding hydrogens is 420 g/mol. The van der Waals surface area contributed by atoms with Crippen molar-refractivity contribution in [3.05, 3.63) is 65.6 Å². The first-order chi connectivity index (χ1) is 16.1. The lowest BCUT2D eigenvalue weighted by molar-refractivity contribution is -0.127. The van der Waals surface area contributed by atoms with Gasteiger partial charge >= 0.3 is 0 Å². The van der Waals surface area contributed by atoms with Crippen molar-refractivity contribution in [2.75, 3.05) is 40.4 Å². The normalized spacial score (nSPS) is 14.6. The molecule has 8 nitrogen and oxygen atoms in total. The maximum absolute atomic E-state index is 12.7. The molecule has 2 aromatic carbocycles. The van der Waals surface area contributed by atoms with E-state index in [1.165, 1.54) is 5.56 Å². The van der Waals surface area contributed by atoms with Gasteiger partial charge in [0.05, 0.1) is 20.8 Å². The van der Waals surface area contributed by atoms with Crippen LogP contribution in [0.4, 0.5) is 0 Å². The van der Waals surface area contributed by atoms with Gasteiger partial charge in [0.1, 0.15) is 11.5 Å². The zero-order chi connectivity index (χ0) is 23.2. The van der Waals surface area contributed by atoms with Gasteiger partial charge in [-0.05, 0) is 25.1 Å². The second kappa shape index (κ2) is 10.3. The number of carbonyl (C=O) groups is 1. The van der Waals surface area contributed by atoms with Gasteiger partial charge in [-0.25, -0.2) is 0 Å². The number of ether oxygens (including phenoxy) is 2. The summed E-state index contributed by atoms with van der Waals surface area (Å²) in [4.78, 5) is 21.2. The van der Waals surface area contributed by atoms with Gasteiger partial charge in [0, 0.05) is 49.4 Å². The number of methoxy groups -OCH3 is 2. The van der Waals surface area contributed by atoms with Gasteiger partial charge in [0.15, 0.2) is 0 Å². The lowest BCUT2D eigenvalue weighted by Gasteiger charge is -2.33. The molecule has 0 atom stereocenters. The summed E-state index contributed by atoms with van der Waals surface area (Å²) < 4.78 is 16.0. The van der Waals surface area contributed by atoms with Crippen LogP contribution in [0.25, 0.3) is 17.5 Å². The predicted molar refractivity (Wildman–Crippen MR) is 125 cm³/mol. The number of benzene rings is 2. The van der Waals surface area contributed by atoms with Crippen LogP contribution < -0.4 is 9.47 Å². The third kappa shape index (κ3) is 5.59. The molecule has 1 amide bonds. The van der Waals surface area contributed by atoms with Crippen molar-refractivity contribution >= 4 is 12.0 Å². The molecule has 0 spiro atoms. The summed E-state index contributed by atoms with van der Waals surface area (Å²) in [5, 5.41) is 4.10. The Morgan fingerprint density at radius 3 is 2.52 bits per heavy atom. The van der Waals surface area contributed by atoms with E-state index in [-0.39, 0.29) is 5.91 Å². The van der Waals surface area contributed by atoms with Crippen molar-refractivity contribution in [1.29, 1.82) is 0 Å². The highest BCUT2D eigenvalue weighted by atomic mass is 16.5. The van der Waals surface area contributed by atoms with Crippen LogP contribution in [0.5, 0.6) is 11.5 Å². The second-order valence-corrected chi connectivity index (χ2v) is 7.92. The number of carbonyl (C=O) groups excluding carboxylic acids is 1. The maximum Gasteiger partial charge on any atom is 0.246 e. The molecule has 1 aliphatic heterocycles. The average molecular weight is 449 g/mol. The highest BCUT2D eigenvalue weighted by Crippen LogP contribution is 2.25. The molecular formula is C25H28N4O4. The van der Waals surface area contributed by atoms with Gasteiger partial charge in [-0.2, -0.15) is 4.98 Å². The average Bonchev–Trinajstić information content (AvgIpc) is 3.31. The standard InChI is InChI=1S/C25H28N4O4/c1-18-4-6-20(7-5-18)25-26-23(33-27-25)17-28-12-14-29(15-13-28)24(30)11-9-19-8-10-21(31-2)16-22(19)32-3/h4-11,16H,12-15,17H2,1-3H3/b11-9+. The van der Waals surface area contributed by atoms with Crippen LogP contribution in [0.2, 0.25) is 0 Å². The molecule has 1 aliphatic rings. The van der Waals surface area contributed by atoms with E-state index in [9.17, 15) is 4.79 Å². The fourth-order valence-corrected chi connectivity index (χ4v) is 3.68. The highest BCUT2D eigenvalue weighted by molar-refractivity contribution is 5.92.